The molecule has 0 bridgehead atoms. The van der Waals surface area contributed by atoms with Crippen LogP contribution in [0.25, 0.3) is 0 Å². The average Bonchev–Trinajstić information content (AvgIpc) is 3.02. The van der Waals surface area contributed by atoms with Gasteiger partial charge in [-0.3, -0.25) is 4.79 Å². The van der Waals surface area contributed by atoms with E-state index in [1.54, 1.807) is 0 Å². The van der Waals surface area contributed by atoms with E-state index in [0.717, 1.165) is 30.6 Å². The minimum absolute atomic E-state index is 0.207. The number of anilines is 1. The lowest BCUT2D eigenvalue weighted by Crippen LogP contribution is -2.32. The number of carbonyl (C=O) groups excluding carboxylic acids is 1. The van der Waals surface area contributed by atoms with Crippen molar-refractivity contribution in [3.05, 3.63) is 64.7 Å². The first-order valence-corrected chi connectivity index (χ1v) is 8.26. The van der Waals surface area contributed by atoms with Crippen LogP contribution in [0.1, 0.15) is 41.1 Å². The van der Waals surface area contributed by atoms with Crippen molar-refractivity contribution in [2.45, 2.75) is 39.2 Å². The second-order valence-electron chi connectivity index (χ2n) is 6.45. The molecular weight excluding hydrogens is 284 g/mol. The minimum atomic E-state index is 0.207. The maximum absolute atomic E-state index is 12.8. The molecule has 1 saturated heterocycles. The molecule has 2 aromatic carbocycles. The molecule has 1 unspecified atom stereocenters. The van der Waals surface area contributed by atoms with Gasteiger partial charge in [0.1, 0.15) is 0 Å². The van der Waals surface area contributed by atoms with Crippen LogP contribution in [0.2, 0.25) is 0 Å². The molecule has 0 aromatic heterocycles. The smallest absolute Gasteiger partial charge is 0.227 e. The first kappa shape index (κ1) is 15.6. The summed E-state index contributed by atoms with van der Waals surface area (Å²) >= 11 is 0. The van der Waals surface area contributed by atoms with E-state index in [9.17, 15) is 4.79 Å². The second kappa shape index (κ2) is 6.45. The second-order valence-corrected chi connectivity index (χ2v) is 6.45. The lowest BCUT2D eigenvalue weighted by atomic mass is 9.95. The largest absolute Gasteiger partial charge is 0.399 e. The molecule has 1 aliphatic heterocycles. The van der Waals surface area contributed by atoms with Crippen molar-refractivity contribution in [2.75, 3.05) is 12.3 Å². The van der Waals surface area contributed by atoms with Crippen LogP contribution in [0.5, 0.6) is 0 Å². The van der Waals surface area contributed by atoms with Crippen LogP contribution >= 0.6 is 0 Å². The third-order valence-corrected chi connectivity index (χ3v) is 4.91. The number of nitrogen functional groups attached to an aromatic ring is 1. The van der Waals surface area contributed by atoms with Crippen molar-refractivity contribution in [1.82, 2.24) is 4.90 Å². The van der Waals surface area contributed by atoms with Gasteiger partial charge < -0.3 is 10.6 Å². The molecule has 3 heteroatoms. The molecule has 1 heterocycles. The zero-order chi connectivity index (χ0) is 16.4. The van der Waals surface area contributed by atoms with E-state index in [-0.39, 0.29) is 11.9 Å². The molecule has 1 atom stereocenters. The molecule has 0 spiro atoms. The summed E-state index contributed by atoms with van der Waals surface area (Å²) in [6.45, 7) is 5.14. The maximum Gasteiger partial charge on any atom is 0.227 e. The number of hydrogen-bond acceptors (Lipinski definition) is 2. The van der Waals surface area contributed by atoms with Gasteiger partial charge in [-0.15, -0.1) is 0 Å². The van der Waals surface area contributed by atoms with Crippen LogP contribution in [0.3, 0.4) is 0 Å². The Kier molecular flexibility index (Phi) is 4.37. The average molecular weight is 308 g/mol. The Labute approximate surface area is 138 Å². The van der Waals surface area contributed by atoms with Crippen molar-refractivity contribution in [2.24, 2.45) is 0 Å². The Morgan fingerprint density at radius 3 is 2.65 bits per heavy atom. The lowest BCUT2D eigenvalue weighted by molar-refractivity contribution is -0.131. The third-order valence-electron chi connectivity index (χ3n) is 4.91. The summed E-state index contributed by atoms with van der Waals surface area (Å²) in [6.07, 6.45) is 2.57. The number of nitrogens with two attached hydrogens (primary N) is 1. The number of carbonyl (C=O) groups is 1. The molecule has 0 aliphatic carbocycles. The first-order chi connectivity index (χ1) is 11.1. The number of rotatable bonds is 3. The van der Waals surface area contributed by atoms with Crippen LogP contribution in [0.15, 0.2) is 42.5 Å². The molecule has 0 radical (unpaired) electrons. The van der Waals surface area contributed by atoms with E-state index in [2.05, 4.69) is 36.9 Å². The van der Waals surface area contributed by atoms with Gasteiger partial charge in [0, 0.05) is 12.2 Å². The molecule has 120 valence electrons. The molecule has 0 saturated carbocycles. The summed E-state index contributed by atoms with van der Waals surface area (Å²) in [5.74, 6) is 0.207. The zero-order valence-corrected chi connectivity index (χ0v) is 13.9. The topological polar surface area (TPSA) is 46.3 Å². The molecule has 1 fully saturated rings. The summed E-state index contributed by atoms with van der Waals surface area (Å²) in [5.41, 5.74) is 11.4. The summed E-state index contributed by atoms with van der Waals surface area (Å²) in [4.78, 5) is 14.8. The first-order valence-electron chi connectivity index (χ1n) is 8.26. The fraction of sp³-hybridized carbons (Fsp3) is 0.350. The van der Waals surface area contributed by atoms with Gasteiger partial charge >= 0.3 is 0 Å². The van der Waals surface area contributed by atoms with Gasteiger partial charge in [-0.1, -0.05) is 30.3 Å². The predicted octanol–water partition coefficient (Wildman–Crippen LogP) is 3.79. The lowest BCUT2D eigenvalue weighted by Gasteiger charge is -2.27. The van der Waals surface area contributed by atoms with Gasteiger partial charge in [-0.2, -0.15) is 0 Å². The highest BCUT2D eigenvalue weighted by Gasteiger charge is 2.30. The molecule has 3 rings (SSSR count). The van der Waals surface area contributed by atoms with Crippen molar-refractivity contribution in [3.8, 4) is 0 Å². The molecule has 2 N–H and O–H groups in total. The van der Waals surface area contributed by atoms with Crippen LogP contribution in [-0.2, 0) is 11.2 Å². The highest BCUT2D eigenvalue weighted by molar-refractivity contribution is 5.79. The molecule has 23 heavy (non-hydrogen) atoms. The van der Waals surface area contributed by atoms with Crippen molar-refractivity contribution in [1.29, 1.82) is 0 Å². The van der Waals surface area contributed by atoms with Gasteiger partial charge in [-0.25, -0.2) is 0 Å². The van der Waals surface area contributed by atoms with Gasteiger partial charge in [0.15, 0.2) is 0 Å². The van der Waals surface area contributed by atoms with Crippen molar-refractivity contribution < 1.29 is 4.79 Å². The summed E-state index contributed by atoms with van der Waals surface area (Å²) in [6, 6.07) is 14.2. The van der Waals surface area contributed by atoms with Crippen LogP contribution in [0.4, 0.5) is 5.69 Å². The van der Waals surface area contributed by atoms with E-state index < -0.39 is 0 Å². The molecule has 1 amide bonds. The molecule has 3 nitrogen and oxygen atoms in total. The van der Waals surface area contributed by atoms with Crippen LogP contribution < -0.4 is 5.73 Å². The molecule has 2 aromatic rings. The summed E-state index contributed by atoms with van der Waals surface area (Å²) in [7, 11) is 0. The fourth-order valence-corrected chi connectivity index (χ4v) is 3.43. The summed E-state index contributed by atoms with van der Waals surface area (Å²) < 4.78 is 0. The van der Waals surface area contributed by atoms with Gasteiger partial charge in [0.2, 0.25) is 5.91 Å². The van der Waals surface area contributed by atoms with Gasteiger partial charge in [0.05, 0.1) is 12.5 Å². The van der Waals surface area contributed by atoms with E-state index in [0.29, 0.717) is 6.42 Å². The Morgan fingerprint density at radius 1 is 1.17 bits per heavy atom. The van der Waals surface area contributed by atoms with Gasteiger partial charge in [-0.05, 0) is 61.1 Å². The monoisotopic (exact) mass is 308 g/mol. The minimum Gasteiger partial charge on any atom is -0.399 e. The number of amides is 1. The molecule has 1 aliphatic rings. The number of nitrogens with zero attached hydrogens (tertiary/aromatic N) is 1. The van der Waals surface area contributed by atoms with E-state index >= 15 is 0 Å². The summed E-state index contributed by atoms with van der Waals surface area (Å²) in [5, 5.41) is 0. The molecular formula is C20H24N2O. The SMILES string of the molecule is Cc1cccc(C2CCCN2C(=O)Cc2ccc(N)cc2)c1C. The fourth-order valence-electron chi connectivity index (χ4n) is 3.43. The Balaban J connectivity index is 1.79. The maximum atomic E-state index is 12.8. The van der Waals surface area contributed by atoms with E-state index in [1.165, 1.54) is 16.7 Å². The number of benzene rings is 2. The third kappa shape index (κ3) is 3.24. The van der Waals surface area contributed by atoms with Crippen molar-refractivity contribution >= 4 is 11.6 Å². The van der Waals surface area contributed by atoms with Crippen LogP contribution in [-0.4, -0.2) is 17.4 Å². The number of hydrogen-bond donors (Lipinski definition) is 1. The number of likely N-dealkylation sites (tertiary alicyclic amines) is 1. The Morgan fingerprint density at radius 2 is 1.91 bits per heavy atom. The van der Waals surface area contributed by atoms with E-state index in [4.69, 9.17) is 5.73 Å². The normalized spacial score (nSPS) is 17.5. The Bertz CT molecular complexity index is 706. The van der Waals surface area contributed by atoms with Crippen molar-refractivity contribution in [3.63, 3.8) is 0 Å². The predicted molar refractivity (Wildman–Crippen MR) is 94.2 cm³/mol. The van der Waals surface area contributed by atoms with E-state index in [1.807, 2.05) is 24.3 Å². The van der Waals surface area contributed by atoms with Gasteiger partial charge in [0.25, 0.3) is 0 Å². The quantitative estimate of drug-likeness (QED) is 0.877. The van der Waals surface area contributed by atoms with Crippen LogP contribution in [0, 0.1) is 13.8 Å². The Hall–Kier alpha value is -2.29. The highest BCUT2D eigenvalue weighted by Crippen LogP contribution is 2.34. The number of aryl methyl sites for hydroxylation is 1. The standard InChI is InChI=1S/C20H24N2O/c1-14-5-3-6-18(15(14)2)19-7-4-12-22(19)20(23)13-16-8-10-17(21)11-9-16/h3,5-6,8-11,19H,4,7,12-13,21H2,1-2H3. The zero-order valence-electron chi connectivity index (χ0n) is 13.9. The highest BCUT2D eigenvalue weighted by atomic mass is 16.2.